The summed E-state index contributed by atoms with van der Waals surface area (Å²) in [6.45, 7) is 2.63. The predicted molar refractivity (Wildman–Crippen MR) is 88.9 cm³/mol. The van der Waals surface area contributed by atoms with E-state index in [9.17, 15) is 4.79 Å². The minimum atomic E-state index is -0.239. The van der Waals surface area contributed by atoms with Crippen LogP contribution in [0.25, 0.3) is 10.9 Å². The van der Waals surface area contributed by atoms with Crippen LogP contribution >= 0.6 is 23.2 Å². The van der Waals surface area contributed by atoms with Gasteiger partial charge in [0.05, 0.1) is 21.5 Å². The van der Waals surface area contributed by atoms with Crippen molar-refractivity contribution in [2.45, 2.75) is 32.1 Å². The van der Waals surface area contributed by atoms with Gasteiger partial charge in [0.15, 0.2) is 0 Å². The number of amides is 1. The van der Waals surface area contributed by atoms with Gasteiger partial charge in [-0.15, -0.1) is 0 Å². The summed E-state index contributed by atoms with van der Waals surface area (Å²) in [5.41, 5.74) is 3.87. The third-order valence-electron chi connectivity index (χ3n) is 4.28. The zero-order valence-corrected chi connectivity index (χ0v) is 13.8. The number of fused-ring (bicyclic) bond motifs is 3. The van der Waals surface area contributed by atoms with E-state index in [1.807, 2.05) is 13.0 Å². The van der Waals surface area contributed by atoms with E-state index in [1.54, 1.807) is 0 Å². The van der Waals surface area contributed by atoms with E-state index in [1.165, 1.54) is 0 Å². The van der Waals surface area contributed by atoms with E-state index in [-0.39, 0.29) is 18.4 Å². The zero-order valence-electron chi connectivity index (χ0n) is 12.3. The molecule has 118 valence electrons. The van der Waals surface area contributed by atoms with Gasteiger partial charge in [-0.2, -0.15) is 0 Å². The number of nitrogens with one attached hydrogen (secondary N) is 2. The fourth-order valence-electron chi connectivity index (χ4n) is 3.21. The SMILES string of the molecule is CC1C(=O)NCCc2[nH]c3c(Cl)c(Cl)cc(CCCO)c3c21. The first kappa shape index (κ1) is 15.7. The summed E-state index contributed by atoms with van der Waals surface area (Å²) >= 11 is 12.6. The van der Waals surface area contributed by atoms with Gasteiger partial charge in [0.2, 0.25) is 5.91 Å². The van der Waals surface area contributed by atoms with Crippen LogP contribution in [0.15, 0.2) is 6.07 Å². The largest absolute Gasteiger partial charge is 0.396 e. The smallest absolute Gasteiger partial charge is 0.227 e. The Labute approximate surface area is 138 Å². The maximum Gasteiger partial charge on any atom is 0.227 e. The number of hydrogen-bond donors (Lipinski definition) is 3. The van der Waals surface area contributed by atoms with Crippen molar-refractivity contribution in [3.63, 3.8) is 0 Å². The summed E-state index contributed by atoms with van der Waals surface area (Å²) in [6, 6.07) is 1.85. The highest BCUT2D eigenvalue weighted by molar-refractivity contribution is 6.45. The summed E-state index contributed by atoms with van der Waals surface area (Å²) in [5, 5.41) is 14.0. The molecule has 1 aromatic carbocycles. The lowest BCUT2D eigenvalue weighted by Gasteiger charge is -2.12. The topological polar surface area (TPSA) is 65.1 Å². The van der Waals surface area contributed by atoms with E-state index in [0.717, 1.165) is 34.1 Å². The first-order valence-electron chi connectivity index (χ1n) is 7.44. The molecular weight excluding hydrogens is 323 g/mol. The van der Waals surface area contributed by atoms with Crippen molar-refractivity contribution in [1.29, 1.82) is 0 Å². The fourth-order valence-corrected chi connectivity index (χ4v) is 3.63. The van der Waals surface area contributed by atoms with Crippen LogP contribution in [0.3, 0.4) is 0 Å². The quantitative estimate of drug-likeness (QED) is 0.803. The monoisotopic (exact) mass is 340 g/mol. The van der Waals surface area contributed by atoms with Crippen LogP contribution in [0, 0.1) is 0 Å². The Hall–Kier alpha value is -1.23. The second kappa shape index (κ2) is 6.11. The highest BCUT2D eigenvalue weighted by Crippen LogP contribution is 2.40. The van der Waals surface area contributed by atoms with Crippen molar-refractivity contribution in [2.75, 3.05) is 13.2 Å². The third kappa shape index (κ3) is 2.49. The molecule has 0 spiro atoms. The first-order chi connectivity index (χ1) is 10.5. The number of H-pyrrole nitrogens is 1. The average molecular weight is 341 g/mol. The average Bonchev–Trinajstić information content (AvgIpc) is 2.82. The number of halogens is 2. The molecule has 3 rings (SSSR count). The molecule has 1 unspecified atom stereocenters. The Balaban J connectivity index is 2.29. The van der Waals surface area contributed by atoms with Gasteiger partial charge in [0.25, 0.3) is 0 Å². The van der Waals surface area contributed by atoms with Crippen molar-refractivity contribution < 1.29 is 9.90 Å². The van der Waals surface area contributed by atoms with E-state index in [2.05, 4.69) is 10.3 Å². The van der Waals surface area contributed by atoms with Crippen molar-refractivity contribution in [3.05, 3.63) is 32.9 Å². The third-order valence-corrected chi connectivity index (χ3v) is 5.06. The van der Waals surface area contributed by atoms with Crippen molar-refractivity contribution >= 4 is 40.0 Å². The van der Waals surface area contributed by atoms with Gasteiger partial charge in [-0.3, -0.25) is 4.79 Å². The minimum Gasteiger partial charge on any atom is -0.396 e. The number of carbonyl (C=O) groups is 1. The van der Waals surface area contributed by atoms with Gasteiger partial charge in [0.1, 0.15) is 0 Å². The van der Waals surface area contributed by atoms with E-state index in [4.69, 9.17) is 28.3 Å². The molecule has 1 aliphatic heterocycles. The van der Waals surface area contributed by atoms with Gasteiger partial charge in [0, 0.05) is 30.7 Å². The summed E-state index contributed by atoms with van der Waals surface area (Å²) in [6.07, 6.45) is 2.09. The standard InChI is InChI=1S/C16H18Cl2N2O2/c1-8-12-11(4-5-19-16(8)22)20-15-13(12)9(3-2-6-21)7-10(17)14(15)18/h7-8,20-21H,2-6H2,1H3,(H,19,22). The van der Waals surface area contributed by atoms with Gasteiger partial charge >= 0.3 is 0 Å². The van der Waals surface area contributed by atoms with Crippen LogP contribution in [-0.4, -0.2) is 29.1 Å². The molecular formula is C16H18Cl2N2O2. The first-order valence-corrected chi connectivity index (χ1v) is 8.20. The Bertz CT molecular complexity index is 740. The molecule has 0 saturated carbocycles. The van der Waals surface area contributed by atoms with E-state index in [0.29, 0.717) is 29.4 Å². The molecule has 6 heteroatoms. The van der Waals surface area contributed by atoms with Crippen LogP contribution in [0.5, 0.6) is 0 Å². The maximum absolute atomic E-state index is 12.2. The molecule has 2 aromatic rings. The molecule has 3 N–H and O–H groups in total. The normalized spacial score (nSPS) is 18.2. The Kier molecular flexibility index (Phi) is 4.35. The molecule has 0 aliphatic carbocycles. The number of rotatable bonds is 3. The number of aromatic nitrogens is 1. The second-order valence-corrected chi connectivity index (χ2v) is 6.47. The Morgan fingerprint density at radius 2 is 2.18 bits per heavy atom. The molecule has 0 bridgehead atoms. The maximum atomic E-state index is 12.2. The van der Waals surface area contributed by atoms with Crippen molar-refractivity contribution in [1.82, 2.24) is 10.3 Å². The lowest BCUT2D eigenvalue weighted by molar-refractivity contribution is -0.121. The Morgan fingerprint density at radius 3 is 2.91 bits per heavy atom. The number of aliphatic hydroxyl groups excluding tert-OH is 1. The molecule has 4 nitrogen and oxygen atoms in total. The van der Waals surface area contributed by atoms with Gasteiger partial charge in [-0.25, -0.2) is 0 Å². The molecule has 0 saturated heterocycles. The molecule has 1 aliphatic rings. The fraction of sp³-hybridized carbons (Fsp3) is 0.438. The lowest BCUT2D eigenvalue weighted by Crippen LogP contribution is -2.26. The second-order valence-electron chi connectivity index (χ2n) is 5.69. The number of carbonyl (C=O) groups excluding carboxylic acids is 1. The minimum absolute atomic E-state index is 0.0267. The number of aliphatic hydroxyl groups is 1. The van der Waals surface area contributed by atoms with Gasteiger partial charge in [-0.1, -0.05) is 23.2 Å². The molecule has 1 amide bonds. The summed E-state index contributed by atoms with van der Waals surface area (Å²) in [7, 11) is 0. The zero-order chi connectivity index (χ0) is 15.9. The van der Waals surface area contributed by atoms with E-state index >= 15 is 0 Å². The van der Waals surface area contributed by atoms with Gasteiger partial charge in [-0.05, 0) is 37.0 Å². The summed E-state index contributed by atoms with van der Waals surface area (Å²) < 4.78 is 0. The highest BCUT2D eigenvalue weighted by Gasteiger charge is 2.28. The Morgan fingerprint density at radius 1 is 1.41 bits per heavy atom. The molecule has 1 aromatic heterocycles. The van der Waals surface area contributed by atoms with Crippen LogP contribution < -0.4 is 5.32 Å². The van der Waals surface area contributed by atoms with Crippen molar-refractivity contribution in [3.8, 4) is 0 Å². The van der Waals surface area contributed by atoms with Crippen LogP contribution in [0.1, 0.15) is 36.1 Å². The molecule has 22 heavy (non-hydrogen) atoms. The number of aryl methyl sites for hydroxylation is 1. The van der Waals surface area contributed by atoms with Crippen LogP contribution in [0.4, 0.5) is 0 Å². The lowest BCUT2D eigenvalue weighted by atomic mass is 9.93. The molecule has 2 heterocycles. The summed E-state index contributed by atoms with van der Waals surface area (Å²) in [4.78, 5) is 15.5. The van der Waals surface area contributed by atoms with Crippen LogP contribution in [0.2, 0.25) is 10.0 Å². The van der Waals surface area contributed by atoms with E-state index < -0.39 is 0 Å². The number of aromatic amines is 1. The molecule has 1 atom stereocenters. The molecule has 0 radical (unpaired) electrons. The van der Waals surface area contributed by atoms with Crippen molar-refractivity contribution in [2.24, 2.45) is 0 Å². The number of benzene rings is 1. The highest BCUT2D eigenvalue weighted by atomic mass is 35.5. The van der Waals surface area contributed by atoms with Gasteiger partial charge < -0.3 is 15.4 Å². The van der Waals surface area contributed by atoms with Crippen LogP contribution in [-0.2, 0) is 17.6 Å². The molecule has 0 fully saturated rings. The summed E-state index contributed by atoms with van der Waals surface area (Å²) in [5.74, 6) is -0.213. The predicted octanol–water partition coefficient (Wildman–Crippen LogP) is 3.18. The number of hydrogen-bond acceptors (Lipinski definition) is 2.